The molecule has 5 heteroatoms. The molecule has 36 heavy (non-hydrogen) atoms. The number of carbonyl (C=O) groups is 2. The summed E-state index contributed by atoms with van der Waals surface area (Å²) >= 11 is 0. The number of fused-ring (bicyclic) bond motifs is 2. The van der Waals surface area contributed by atoms with Crippen molar-refractivity contribution in [3.8, 4) is 5.75 Å². The molecule has 0 saturated carbocycles. The monoisotopic (exact) mass is 476 g/mol. The van der Waals surface area contributed by atoms with E-state index >= 15 is 0 Å². The molecule has 0 fully saturated rings. The van der Waals surface area contributed by atoms with Crippen LogP contribution in [-0.2, 0) is 6.54 Å². The molecule has 5 rings (SSSR count). The normalized spacial score (nSPS) is 12.2. The van der Waals surface area contributed by atoms with Crippen molar-refractivity contribution in [3.63, 3.8) is 0 Å². The molecule has 0 unspecified atom stereocenters. The Balaban J connectivity index is 1.42. The van der Waals surface area contributed by atoms with Crippen LogP contribution in [0.25, 0.3) is 0 Å². The maximum atomic E-state index is 13.4. The Morgan fingerprint density at radius 3 is 2.14 bits per heavy atom. The minimum atomic E-state index is -0.134. The summed E-state index contributed by atoms with van der Waals surface area (Å²) in [4.78, 5) is 26.6. The van der Waals surface area contributed by atoms with Crippen LogP contribution in [-0.4, -0.2) is 18.3 Å². The predicted octanol–water partition coefficient (Wildman–Crippen LogP) is 6.26. The van der Waals surface area contributed by atoms with E-state index in [0.717, 1.165) is 28.1 Å². The van der Waals surface area contributed by atoms with Gasteiger partial charge in [-0.25, -0.2) is 0 Å². The van der Waals surface area contributed by atoms with Crippen LogP contribution < -0.4 is 15.4 Å². The molecule has 0 aliphatic heterocycles. The van der Waals surface area contributed by atoms with E-state index in [0.29, 0.717) is 41.2 Å². The van der Waals surface area contributed by atoms with E-state index in [2.05, 4.69) is 37.5 Å². The average molecular weight is 477 g/mol. The van der Waals surface area contributed by atoms with Crippen LogP contribution >= 0.6 is 0 Å². The summed E-state index contributed by atoms with van der Waals surface area (Å²) in [5, 5.41) is 6.87. The topological polar surface area (TPSA) is 67.4 Å². The lowest BCUT2D eigenvalue weighted by molar-refractivity contribution is 0.0979. The lowest BCUT2D eigenvalue weighted by Crippen LogP contribution is -2.22. The number of para-hydroxylation sites is 1. The van der Waals surface area contributed by atoms with Gasteiger partial charge in [0.05, 0.1) is 11.3 Å². The zero-order chi connectivity index (χ0) is 25.2. The number of hydrogen-bond donors (Lipinski definition) is 2. The molecule has 0 bridgehead atoms. The molecule has 2 N–H and O–H groups in total. The standard InChI is InChI=1S/C31H28N2O3/c1-19-16-20(2)29(21(3)26(19)17-32-18-36-22-10-5-4-6-11-22)33-27-15-9-14-25-28(27)31(35)24-13-8-7-12-23(24)30(25)34/h4-16,32-33H,17-18H2,1-3H3. The molecule has 0 atom stereocenters. The second-order valence-corrected chi connectivity index (χ2v) is 9.07. The predicted molar refractivity (Wildman–Crippen MR) is 142 cm³/mol. The highest BCUT2D eigenvalue weighted by molar-refractivity contribution is 6.30. The molecule has 0 radical (unpaired) electrons. The highest BCUT2D eigenvalue weighted by Crippen LogP contribution is 2.36. The van der Waals surface area contributed by atoms with E-state index in [1.165, 1.54) is 5.56 Å². The summed E-state index contributed by atoms with van der Waals surface area (Å²) in [7, 11) is 0. The Morgan fingerprint density at radius 1 is 0.722 bits per heavy atom. The van der Waals surface area contributed by atoms with Gasteiger partial charge in [-0.3, -0.25) is 14.9 Å². The van der Waals surface area contributed by atoms with Crippen molar-refractivity contribution < 1.29 is 14.3 Å². The molecule has 4 aromatic rings. The molecular formula is C31H28N2O3. The summed E-state index contributed by atoms with van der Waals surface area (Å²) in [6.45, 7) is 7.26. The number of nitrogens with one attached hydrogen (secondary N) is 2. The summed E-state index contributed by atoms with van der Waals surface area (Å²) in [5.74, 6) is 0.564. The minimum absolute atomic E-state index is 0.121. The number of aryl methyl sites for hydroxylation is 2. The fourth-order valence-electron chi connectivity index (χ4n) is 4.90. The fourth-order valence-corrected chi connectivity index (χ4v) is 4.90. The van der Waals surface area contributed by atoms with Crippen LogP contribution in [0.3, 0.4) is 0 Å². The van der Waals surface area contributed by atoms with Gasteiger partial charge in [-0.05, 0) is 61.2 Å². The van der Waals surface area contributed by atoms with Gasteiger partial charge in [-0.2, -0.15) is 0 Å². The van der Waals surface area contributed by atoms with Crippen molar-refractivity contribution in [1.29, 1.82) is 0 Å². The van der Waals surface area contributed by atoms with Crippen molar-refractivity contribution in [2.24, 2.45) is 0 Å². The summed E-state index contributed by atoms with van der Waals surface area (Å²) < 4.78 is 5.77. The first-order valence-corrected chi connectivity index (χ1v) is 12.0. The van der Waals surface area contributed by atoms with Crippen molar-refractivity contribution in [2.45, 2.75) is 27.3 Å². The quantitative estimate of drug-likeness (QED) is 0.214. The van der Waals surface area contributed by atoms with E-state index in [1.54, 1.807) is 30.3 Å². The smallest absolute Gasteiger partial charge is 0.196 e. The van der Waals surface area contributed by atoms with Gasteiger partial charge in [0.25, 0.3) is 0 Å². The Kier molecular flexibility index (Phi) is 6.40. The zero-order valence-electron chi connectivity index (χ0n) is 20.6. The minimum Gasteiger partial charge on any atom is -0.478 e. The van der Waals surface area contributed by atoms with Crippen molar-refractivity contribution in [3.05, 3.63) is 123 Å². The zero-order valence-corrected chi connectivity index (χ0v) is 20.6. The van der Waals surface area contributed by atoms with E-state index in [1.807, 2.05) is 42.5 Å². The third-order valence-corrected chi connectivity index (χ3v) is 6.73. The second kappa shape index (κ2) is 9.80. The highest BCUT2D eigenvalue weighted by atomic mass is 16.5. The molecular weight excluding hydrogens is 448 g/mol. The first kappa shape index (κ1) is 23.5. The first-order valence-electron chi connectivity index (χ1n) is 12.0. The van der Waals surface area contributed by atoms with Gasteiger partial charge in [0, 0.05) is 28.9 Å². The van der Waals surface area contributed by atoms with Gasteiger partial charge < -0.3 is 10.1 Å². The maximum absolute atomic E-state index is 13.4. The van der Waals surface area contributed by atoms with Crippen LogP contribution in [0.5, 0.6) is 5.75 Å². The molecule has 0 heterocycles. The van der Waals surface area contributed by atoms with E-state index in [4.69, 9.17) is 4.74 Å². The summed E-state index contributed by atoms with van der Waals surface area (Å²) in [6, 6.07) is 24.3. The third-order valence-electron chi connectivity index (χ3n) is 6.73. The molecule has 1 aliphatic carbocycles. The van der Waals surface area contributed by atoms with Gasteiger partial charge in [0.15, 0.2) is 11.6 Å². The molecule has 5 nitrogen and oxygen atoms in total. The van der Waals surface area contributed by atoms with Crippen molar-refractivity contribution in [2.75, 3.05) is 12.0 Å². The number of ketones is 2. The fraction of sp³-hybridized carbons (Fsp3) is 0.161. The third kappa shape index (κ3) is 4.30. The number of rotatable bonds is 7. The Labute approximate surface area is 211 Å². The van der Waals surface area contributed by atoms with Crippen LogP contribution in [0.15, 0.2) is 78.9 Å². The van der Waals surface area contributed by atoms with Gasteiger partial charge in [-0.1, -0.05) is 60.7 Å². The number of benzene rings is 4. The Bertz CT molecular complexity index is 1480. The number of carbonyl (C=O) groups excluding carboxylic acids is 2. The molecule has 4 aromatic carbocycles. The van der Waals surface area contributed by atoms with Gasteiger partial charge in [0.2, 0.25) is 0 Å². The Morgan fingerprint density at radius 2 is 1.39 bits per heavy atom. The number of hydrogen-bond acceptors (Lipinski definition) is 5. The van der Waals surface area contributed by atoms with Crippen molar-refractivity contribution >= 4 is 22.9 Å². The summed E-state index contributed by atoms with van der Waals surface area (Å²) in [5.41, 5.74) is 7.86. The second-order valence-electron chi connectivity index (χ2n) is 9.07. The number of anilines is 2. The lowest BCUT2D eigenvalue weighted by atomic mass is 9.83. The highest BCUT2D eigenvalue weighted by Gasteiger charge is 2.31. The first-order chi connectivity index (χ1) is 17.5. The van der Waals surface area contributed by atoms with Crippen LogP contribution in [0.1, 0.15) is 54.1 Å². The van der Waals surface area contributed by atoms with Gasteiger partial charge in [0.1, 0.15) is 12.5 Å². The van der Waals surface area contributed by atoms with E-state index in [9.17, 15) is 9.59 Å². The van der Waals surface area contributed by atoms with E-state index in [-0.39, 0.29) is 11.6 Å². The van der Waals surface area contributed by atoms with Crippen molar-refractivity contribution in [1.82, 2.24) is 5.32 Å². The van der Waals surface area contributed by atoms with E-state index < -0.39 is 0 Å². The molecule has 0 spiro atoms. The van der Waals surface area contributed by atoms with Gasteiger partial charge in [-0.15, -0.1) is 0 Å². The van der Waals surface area contributed by atoms with Crippen LogP contribution in [0.4, 0.5) is 11.4 Å². The average Bonchev–Trinajstić information content (AvgIpc) is 2.89. The largest absolute Gasteiger partial charge is 0.478 e. The summed E-state index contributed by atoms with van der Waals surface area (Å²) in [6.07, 6.45) is 0. The Hall–Kier alpha value is -4.22. The van der Waals surface area contributed by atoms with Crippen LogP contribution in [0, 0.1) is 20.8 Å². The van der Waals surface area contributed by atoms with Crippen LogP contribution in [0.2, 0.25) is 0 Å². The SMILES string of the molecule is Cc1cc(C)c(Nc2cccc3c2C(=O)c2ccccc2C3=O)c(C)c1CNCOc1ccccc1. The molecule has 1 aliphatic rings. The molecule has 0 saturated heterocycles. The molecule has 0 amide bonds. The number of ether oxygens (including phenoxy) is 1. The lowest BCUT2D eigenvalue weighted by Gasteiger charge is -2.23. The molecule has 0 aromatic heterocycles. The van der Waals surface area contributed by atoms with Gasteiger partial charge >= 0.3 is 0 Å². The maximum Gasteiger partial charge on any atom is 0.196 e. The molecule has 180 valence electrons.